The maximum Gasteiger partial charge on any atom is 0.0919 e. The van der Waals surface area contributed by atoms with E-state index in [1.165, 1.54) is 0 Å². The second-order valence-corrected chi connectivity index (χ2v) is 2.81. The number of aromatic nitrogens is 4. The van der Waals surface area contributed by atoms with Crippen LogP contribution >= 0.6 is 0 Å². The zero-order valence-electron chi connectivity index (χ0n) is 8.04. The highest BCUT2D eigenvalue weighted by atomic mass is 14.8. The van der Waals surface area contributed by atoms with E-state index in [1.807, 2.05) is 24.3 Å². The Morgan fingerprint density at radius 3 is 1.93 bits per heavy atom. The van der Waals surface area contributed by atoms with Crippen molar-refractivity contribution >= 4 is 11.0 Å². The molecule has 0 amide bonds. The molecule has 0 saturated carbocycles. The van der Waals surface area contributed by atoms with E-state index < -0.39 is 0 Å². The Morgan fingerprint density at radius 1 is 0.867 bits per heavy atom. The van der Waals surface area contributed by atoms with Gasteiger partial charge in [-0.05, 0) is 24.3 Å². The van der Waals surface area contributed by atoms with Gasteiger partial charge in [-0.15, -0.1) is 0 Å². The molecule has 1 N–H and O–H groups in total. The number of aromatic amines is 1. The summed E-state index contributed by atoms with van der Waals surface area (Å²) in [5.74, 6) is 0. The minimum atomic E-state index is 0.949. The fourth-order valence-electron chi connectivity index (χ4n) is 1.12. The molecule has 0 atom stereocenters. The van der Waals surface area contributed by atoms with Gasteiger partial charge in [0.25, 0.3) is 0 Å². The third kappa shape index (κ3) is 2.60. The Hall–Kier alpha value is -2.23. The van der Waals surface area contributed by atoms with Crippen LogP contribution in [0.4, 0.5) is 0 Å². The first-order valence-corrected chi connectivity index (χ1v) is 4.55. The van der Waals surface area contributed by atoms with Gasteiger partial charge in [-0.25, -0.2) is 4.98 Å². The fourth-order valence-corrected chi connectivity index (χ4v) is 1.12. The van der Waals surface area contributed by atoms with Crippen molar-refractivity contribution in [2.45, 2.75) is 0 Å². The van der Waals surface area contributed by atoms with Crippen molar-refractivity contribution in [2.75, 3.05) is 0 Å². The van der Waals surface area contributed by atoms with E-state index in [4.69, 9.17) is 0 Å². The average molecular weight is 198 g/mol. The molecule has 74 valence electrons. The minimum absolute atomic E-state index is 0.949. The van der Waals surface area contributed by atoms with Crippen molar-refractivity contribution in [2.24, 2.45) is 0 Å². The molecular weight excluding hydrogens is 188 g/mol. The maximum atomic E-state index is 4.12. The van der Waals surface area contributed by atoms with Crippen molar-refractivity contribution in [3.8, 4) is 0 Å². The molecule has 4 heteroatoms. The second kappa shape index (κ2) is 4.85. The number of pyridine rings is 2. The molecule has 0 spiro atoms. The average Bonchev–Trinajstić information content (AvgIpc) is 2.88. The molecule has 0 saturated heterocycles. The lowest BCUT2D eigenvalue weighted by Gasteiger charge is -1.90. The van der Waals surface area contributed by atoms with Gasteiger partial charge in [-0.3, -0.25) is 9.97 Å². The topological polar surface area (TPSA) is 54.5 Å². The van der Waals surface area contributed by atoms with E-state index >= 15 is 0 Å². The van der Waals surface area contributed by atoms with Gasteiger partial charge in [0, 0.05) is 24.8 Å². The molecule has 15 heavy (non-hydrogen) atoms. The molecule has 0 fully saturated rings. The summed E-state index contributed by atoms with van der Waals surface area (Å²) in [7, 11) is 0. The summed E-state index contributed by atoms with van der Waals surface area (Å²) in [6, 6.07) is 7.66. The number of fused-ring (bicyclic) bond motifs is 1. The number of nitrogens with one attached hydrogen (secondary N) is 1. The van der Waals surface area contributed by atoms with E-state index in [-0.39, 0.29) is 0 Å². The van der Waals surface area contributed by atoms with Gasteiger partial charge in [0.2, 0.25) is 0 Å². The molecule has 3 heterocycles. The van der Waals surface area contributed by atoms with E-state index in [2.05, 4.69) is 19.9 Å². The van der Waals surface area contributed by atoms with Gasteiger partial charge in [-0.2, -0.15) is 0 Å². The molecule has 0 unspecified atom stereocenters. The molecule has 0 aliphatic rings. The Balaban J connectivity index is 0.000000144. The quantitative estimate of drug-likeness (QED) is 0.601. The van der Waals surface area contributed by atoms with Crippen molar-refractivity contribution in [3.63, 3.8) is 0 Å². The highest BCUT2D eigenvalue weighted by molar-refractivity contribution is 5.72. The van der Waals surface area contributed by atoms with Crippen LogP contribution in [0.5, 0.6) is 0 Å². The van der Waals surface area contributed by atoms with Crippen molar-refractivity contribution in [3.05, 3.63) is 55.4 Å². The molecule has 0 bridgehead atoms. The van der Waals surface area contributed by atoms with Gasteiger partial charge in [0.1, 0.15) is 0 Å². The van der Waals surface area contributed by atoms with Crippen LogP contribution in [-0.4, -0.2) is 19.9 Å². The van der Waals surface area contributed by atoms with Crippen LogP contribution in [0.15, 0.2) is 55.4 Å². The lowest BCUT2D eigenvalue weighted by atomic mass is 10.3. The maximum absolute atomic E-state index is 4.12. The second-order valence-electron chi connectivity index (χ2n) is 2.81. The van der Waals surface area contributed by atoms with Crippen LogP contribution in [0.1, 0.15) is 0 Å². The first kappa shape index (κ1) is 9.33. The summed E-state index contributed by atoms with van der Waals surface area (Å²) in [4.78, 5) is 14.7. The minimum Gasteiger partial charge on any atom is -0.351 e. The summed E-state index contributed by atoms with van der Waals surface area (Å²) >= 11 is 0. The van der Waals surface area contributed by atoms with Gasteiger partial charge in [0.15, 0.2) is 0 Å². The number of rotatable bonds is 0. The molecule has 3 aromatic heterocycles. The summed E-state index contributed by atoms with van der Waals surface area (Å²) in [6.07, 6.45) is 8.62. The Morgan fingerprint density at radius 2 is 1.53 bits per heavy atom. The Bertz CT molecular complexity index is 422. The van der Waals surface area contributed by atoms with Gasteiger partial charge < -0.3 is 4.98 Å². The summed E-state index contributed by atoms with van der Waals surface area (Å²) < 4.78 is 0. The van der Waals surface area contributed by atoms with Crippen LogP contribution in [0.2, 0.25) is 0 Å². The number of nitrogens with zero attached hydrogens (tertiary/aromatic N) is 3. The largest absolute Gasteiger partial charge is 0.351 e. The number of hydrogen-bond donors (Lipinski definition) is 1. The van der Waals surface area contributed by atoms with Crippen LogP contribution in [-0.2, 0) is 0 Å². The molecular formula is C11H10N4. The normalized spacial score (nSPS) is 9.33. The molecule has 0 aliphatic heterocycles. The molecule has 4 nitrogen and oxygen atoms in total. The number of imidazole rings is 1. The van der Waals surface area contributed by atoms with E-state index in [1.54, 1.807) is 31.1 Å². The lowest BCUT2D eigenvalue weighted by Crippen LogP contribution is -1.78. The zero-order valence-corrected chi connectivity index (χ0v) is 8.04. The highest BCUT2D eigenvalue weighted by Gasteiger charge is 1.88. The van der Waals surface area contributed by atoms with Crippen LogP contribution in [0.3, 0.4) is 0 Å². The van der Waals surface area contributed by atoms with Crippen molar-refractivity contribution in [1.82, 2.24) is 19.9 Å². The third-order valence-corrected chi connectivity index (χ3v) is 1.78. The van der Waals surface area contributed by atoms with Crippen molar-refractivity contribution < 1.29 is 0 Å². The Kier molecular flexibility index (Phi) is 3.02. The number of hydrogen-bond acceptors (Lipinski definition) is 3. The SMILES string of the molecule is c1c[nH]cn1.c1cnc2cccnc2c1. The van der Waals surface area contributed by atoms with Crippen LogP contribution < -0.4 is 0 Å². The smallest absolute Gasteiger partial charge is 0.0919 e. The fraction of sp³-hybridized carbons (Fsp3) is 0. The lowest BCUT2D eigenvalue weighted by molar-refractivity contribution is 1.31. The van der Waals surface area contributed by atoms with Crippen LogP contribution in [0, 0.1) is 0 Å². The molecule has 0 radical (unpaired) electrons. The summed E-state index contributed by atoms with van der Waals surface area (Å²) in [6.45, 7) is 0. The van der Waals surface area contributed by atoms with Gasteiger partial charge in [0.05, 0.1) is 17.4 Å². The Labute approximate surface area is 87.0 Å². The van der Waals surface area contributed by atoms with E-state index in [9.17, 15) is 0 Å². The van der Waals surface area contributed by atoms with E-state index in [0.29, 0.717) is 0 Å². The molecule has 0 aromatic carbocycles. The number of H-pyrrole nitrogens is 1. The van der Waals surface area contributed by atoms with Gasteiger partial charge in [-0.1, -0.05) is 0 Å². The molecule has 3 aromatic rings. The first-order valence-electron chi connectivity index (χ1n) is 4.55. The predicted octanol–water partition coefficient (Wildman–Crippen LogP) is 2.04. The van der Waals surface area contributed by atoms with Gasteiger partial charge >= 0.3 is 0 Å². The standard InChI is InChI=1S/C8H6N2.C3H4N2/c1-3-7-8(9-5-1)4-2-6-10-7;1-2-5-3-4-1/h1-6H;1-3H,(H,4,5). The predicted molar refractivity (Wildman–Crippen MR) is 58.1 cm³/mol. The first-order chi connectivity index (χ1) is 7.47. The third-order valence-electron chi connectivity index (χ3n) is 1.78. The highest BCUT2D eigenvalue weighted by Crippen LogP contribution is 2.04. The van der Waals surface area contributed by atoms with E-state index in [0.717, 1.165) is 11.0 Å². The summed E-state index contributed by atoms with van der Waals surface area (Å²) in [5, 5.41) is 0. The molecule has 0 aliphatic carbocycles. The molecule has 3 rings (SSSR count). The monoisotopic (exact) mass is 198 g/mol. The van der Waals surface area contributed by atoms with Crippen molar-refractivity contribution in [1.29, 1.82) is 0 Å². The summed E-state index contributed by atoms with van der Waals surface area (Å²) in [5.41, 5.74) is 1.90. The van der Waals surface area contributed by atoms with Crippen LogP contribution in [0.25, 0.3) is 11.0 Å². The zero-order chi connectivity index (χ0) is 10.3.